The number of para-hydroxylation sites is 1. The zero-order valence-electron chi connectivity index (χ0n) is 11.3. The summed E-state index contributed by atoms with van der Waals surface area (Å²) < 4.78 is 0. The SMILES string of the molecule is CNc1ccncc1C(=O)N(C)c1ccccc1C. The van der Waals surface area contributed by atoms with E-state index in [9.17, 15) is 4.79 Å². The summed E-state index contributed by atoms with van der Waals surface area (Å²) >= 11 is 0. The summed E-state index contributed by atoms with van der Waals surface area (Å²) in [6.45, 7) is 1.99. The van der Waals surface area contributed by atoms with Crippen LogP contribution < -0.4 is 10.2 Å². The highest BCUT2D eigenvalue weighted by Crippen LogP contribution is 2.22. The molecule has 4 heteroatoms. The Labute approximate surface area is 113 Å². The van der Waals surface area contributed by atoms with Crippen molar-refractivity contribution in [3.8, 4) is 0 Å². The van der Waals surface area contributed by atoms with Crippen LogP contribution in [-0.4, -0.2) is 25.0 Å². The van der Waals surface area contributed by atoms with Crippen molar-refractivity contribution in [1.29, 1.82) is 0 Å². The van der Waals surface area contributed by atoms with Gasteiger partial charge in [0, 0.05) is 37.9 Å². The summed E-state index contributed by atoms with van der Waals surface area (Å²) in [7, 11) is 3.57. The standard InChI is InChI=1S/C15H17N3O/c1-11-6-4-5-7-14(11)18(3)15(19)12-10-17-9-8-13(12)16-2/h4-10H,1-3H3,(H,16,17). The van der Waals surface area contributed by atoms with Gasteiger partial charge in [-0.2, -0.15) is 0 Å². The van der Waals surface area contributed by atoms with Gasteiger partial charge in [-0.05, 0) is 24.6 Å². The Balaban J connectivity index is 2.37. The minimum absolute atomic E-state index is 0.0771. The first-order valence-corrected chi connectivity index (χ1v) is 6.10. The van der Waals surface area contributed by atoms with E-state index in [1.807, 2.05) is 31.2 Å². The van der Waals surface area contributed by atoms with E-state index in [-0.39, 0.29) is 5.91 Å². The monoisotopic (exact) mass is 255 g/mol. The fraction of sp³-hybridized carbons (Fsp3) is 0.200. The van der Waals surface area contributed by atoms with Crippen LogP contribution in [0.2, 0.25) is 0 Å². The molecule has 0 unspecified atom stereocenters. The van der Waals surface area contributed by atoms with Gasteiger partial charge in [0.2, 0.25) is 0 Å². The molecular formula is C15H17N3O. The quantitative estimate of drug-likeness (QED) is 0.917. The van der Waals surface area contributed by atoms with Crippen molar-refractivity contribution in [3.63, 3.8) is 0 Å². The average molecular weight is 255 g/mol. The number of benzene rings is 1. The van der Waals surface area contributed by atoms with Gasteiger partial charge in [0.05, 0.1) is 5.56 Å². The van der Waals surface area contributed by atoms with E-state index < -0.39 is 0 Å². The molecule has 1 N–H and O–H groups in total. The number of carbonyl (C=O) groups is 1. The number of nitrogens with zero attached hydrogens (tertiary/aromatic N) is 2. The number of hydrogen-bond donors (Lipinski definition) is 1. The normalized spacial score (nSPS) is 10.1. The van der Waals surface area contributed by atoms with E-state index in [2.05, 4.69) is 10.3 Å². The third kappa shape index (κ3) is 2.57. The van der Waals surface area contributed by atoms with Gasteiger partial charge in [0.15, 0.2) is 0 Å². The molecular weight excluding hydrogens is 238 g/mol. The molecule has 1 aromatic carbocycles. The number of pyridine rings is 1. The minimum atomic E-state index is -0.0771. The topological polar surface area (TPSA) is 45.2 Å². The smallest absolute Gasteiger partial charge is 0.261 e. The highest BCUT2D eigenvalue weighted by molar-refractivity contribution is 6.09. The molecule has 4 nitrogen and oxygen atoms in total. The lowest BCUT2D eigenvalue weighted by Crippen LogP contribution is -2.27. The minimum Gasteiger partial charge on any atom is -0.387 e. The number of amides is 1. The van der Waals surface area contributed by atoms with Crippen LogP contribution in [0.1, 0.15) is 15.9 Å². The first-order chi connectivity index (χ1) is 9.15. The van der Waals surface area contributed by atoms with Crippen molar-refractivity contribution < 1.29 is 4.79 Å². The van der Waals surface area contributed by atoms with Gasteiger partial charge in [-0.1, -0.05) is 18.2 Å². The maximum atomic E-state index is 12.5. The predicted octanol–water partition coefficient (Wildman–Crippen LogP) is 2.71. The molecule has 0 bridgehead atoms. The largest absolute Gasteiger partial charge is 0.387 e. The molecule has 1 amide bonds. The molecule has 0 radical (unpaired) electrons. The lowest BCUT2D eigenvalue weighted by molar-refractivity contribution is 0.0993. The lowest BCUT2D eigenvalue weighted by Gasteiger charge is -2.20. The summed E-state index contributed by atoms with van der Waals surface area (Å²) in [6.07, 6.45) is 3.25. The van der Waals surface area contributed by atoms with Gasteiger partial charge in [-0.15, -0.1) is 0 Å². The molecule has 2 rings (SSSR count). The van der Waals surface area contributed by atoms with Crippen molar-refractivity contribution in [2.45, 2.75) is 6.92 Å². The number of nitrogens with one attached hydrogen (secondary N) is 1. The second-order valence-corrected chi connectivity index (χ2v) is 4.32. The maximum Gasteiger partial charge on any atom is 0.261 e. The molecule has 0 aliphatic heterocycles. The number of rotatable bonds is 3. The molecule has 0 saturated carbocycles. The van der Waals surface area contributed by atoms with Crippen molar-refractivity contribution in [1.82, 2.24) is 4.98 Å². The van der Waals surface area contributed by atoms with Crippen molar-refractivity contribution >= 4 is 17.3 Å². The van der Waals surface area contributed by atoms with E-state index >= 15 is 0 Å². The molecule has 98 valence electrons. The summed E-state index contributed by atoms with van der Waals surface area (Å²) in [5.74, 6) is -0.0771. The van der Waals surface area contributed by atoms with E-state index in [0.717, 1.165) is 16.9 Å². The van der Waals surface area contributed by atoms with E-state index in [0.29, 0.717) is 5.56 Å². The fourth-order valence-corrected chi connectivity index (χ4v) is 2.01. The van der Waals surface area contributed by atoms with Crippen molar-refractivity contribution in [2.24, 2.45) is 0 Å². The summed E-state index contributed by atoms with van der Waals surface area (Å²) in [5.41, 5.74) is 3.31. The third-order valence-electron chi connectivity index (χ3n) is 3.10. The Hall–Kier alpha value is -2.36. The highest BCUT2D eigenvalue weighted by Gasteiger charge is 2.17. The van der Waals surface area contributed by atoms with Gasteiger partial charge in [-0.3, -0.25) is 9.78 Å². The number of carbonyl (C=O) groups excluding carboxylic acids is 1. The second-order valence-electron chi connectivity index (χ2n) is 4.32. The van der Waals surface area contributed by atoms with Crippen LogP contribution in [0.3, 0.4) is 0 Å². The Bertz CT molecular complexity index is 595. The molecule has 0 aliphatic carbocycles. The zero-order chi connectivity index (χ0) is 13.8. The average Bonchev–Trinajstić information content (AvgIpc) is 2.46. The molecule has 0 saturated heterocycles. The van der Waals surface area contributed by atoms with Gasteiger partial charge >= 0.3 is 0 Å². The lowest BCUT2D eigenvalue weighted by atomic mass is 10.1. The van der Waals surface area contributed by atoms with E-state index in [4.69, 9.17) is 0 Å². The number of hydrogen-bond acceptors (Lipinski definition) is 3. The van der Waals surface area contributed by atoms with Crippen LogP contribution in [0.15, 0.2) is 42.7 Å². The molecule has 0 aliphatic rings. The molecule has 0 fully saturated rings. The Morgan fingerprint density at radius 1 is 1.26 bits per heavy atom. The van der Waals surface area contributed by atoms with Gasteiger partial charge < -0.3 is 10.2 Å². The molecule has 2 aromatic rings. The van der Waals surface area contributed by atoms with Crippen LogP contribution in [0.25, 0.3) is 0 Å². The Kier molecular flexibility index (Phi) is 3.80. The first kappa shape index (κ1) is 13.1. The fourth-order valence-electron chi connectivity index (χ4n) is 2.01. The van der Waals surface area contributed by atoms with Crippen LogP contribution in [0.5, 0.6) is 0 Å². The molecule has 1 heterocycles. The third-order valence-corrected chi connectivity index (χ3v) is 3.10. The molecule has 0 atom stereocenters. The Morgan fingerprint density at radius 3 is 2.68 bits per heavy atom. The summed E-state index contributed by atoms with van der Waals surface area (Å²) in [5, 5.41) is 3.01. The van der Waals surface area contributed by atoms with E-state index in [1.165, 1.54) is 0 Å². The summed E-state index contributed by atoms with van der Waals surface area (Å²) in [4.78, 5) is 18.2. The highest BCUT2D eigenvalue weighted by atomic mass is 16.2. The number of aromatic nitrogens is 1. The van der Waals surface area contributed by atoms with Crippen LogP contribution in [0, 0.1) is 6.92 Å². The Morgan fingerprint density at radius 2 is 2.00 bits per heavy atom. The number of aryl methyl sites for hydroxylation is 1. The van der Waals surface area contributed by atoms with Gasteiger partial charge in [-0.25, -0.2) is 0 Å². The van der Waals surface area contributed by atoms with Gasteiger partial charge in [0.1, 0.15) is 0 Å². The van der Waals surface area contributed by atoms with Crippen LogP contribution in [-0.2, 0) is 0 Å². The van der Waals surface area contributed by atoms with E-state index in [1.54, 1.807) is 37.5 Å². The van der Waals surface area contributed by atoms with Crippen molar-refractivity contribution in [2.75, 3.05) is 24.3 Å². The predicted molar refractivity (Wildman–Crippen MR) is 77.7 cm³/mol. The zero-order valence-corrected chi connectivity index (χ0v) is 11.3. The molecule has 1 aromatic heterocycles. The van der Waals surface area contributed by atoms with Gasteiger partial charge in [0.25, 0.3) is 5.91 Å². The first-order valence-electron chi connectivity index (χ1n) is 6.10. The molecule has 0 spiro atoms. The summed E-state index contributed by atoms with van der Waals surface area (Å²) in [6, 6.07) is 9.59. The van der Waals surface area contributed by atoms with Crippen molar-refractivity contribution in [3.05, 3.63) is 53.9 Å². The second kappa shape index (κ2) is 5.52. The van der Waals surface area contributed by atoms with Crippen LogP contribution >= 0.6 is 0 Å². The van der Waals surface area contributed by atoms with Crippen LogP contribution in [0.4, 0.5) is 11.4 Å². The molecule has 19 heavy (non-hydrogen) atoms. The number of anilines is 2. The maximum absolute atomic E-state index is 12.5.